The van der Waals surface area contributed by atoms with Crippen LogP contribution in [-0.4, -0.2) is 48.1 Å². The van der Waals surface area contributed by atoms with Crippen LogP contribution in [0.4, 0.5) is 5.82 Å². The van der Waals surface area contributed by atoms with Gasteiger partial charge in [0.25, 0.3) is 5.91 Å². The molecule has 0 aliphatic heterocycles. The standard InChI is InChI=1S/C10H15N3O2/c1-13(2)10(15)8-3-4-9(12-7-8)11-5-6-14/h3-4,7,14H,5-6H2,1-2H3,(H,11,12). The third-order valence-corrected chi connectivity index (χ3v) is 1.83. The van der Waals surface area contributed by atoms with Crippen LogP contribution in [0, 0.1) is 0 Å². The second-order valence-electron chi connectivity index (χ2n) is 3.28. The molecule has 0 aliphatic rings. The molecule has 0 radical (unpaired) electrons. The number of anilines is 1. The molecule has 0 saturated carbocycles. The van der Waals surface area contributed by atoms with Crippen molar-refractivity contribution in [1.82, 2.24) is 9.88 Å². The van der Waals surface area contributed by atoms with E-state index in [0.29, 0.717) is 17.9 Å². The number of rotatable bonds is 4. The van der Waals surface area contributed by atoms with Crippen LogP contribution in [-0.2, 0) is 0 Å². The fourth-order valence-electron chi connectivity index (χ4n) is 1.07. The number of aliphatic hydroxyl groups excluding tert-OH is 1. The van der Waals surface area contributed by atoms with E-state index in [9.17, 15) is 4.79 Å². The summed E-state index contributed by atoms with van der Waals surface area (Å²) in [4.78, 5) is 17.0. The maximum absolute atomic E-state index is 11.5. The Morgan fingerprint density at radius 3 is 2.73 bits per heavy atom. The maximum Gasteiger partial charge on any atom is 0.254 e. The zero-order valence-corrected chi connectivity index (χ0v) is 8.90. The number of carbonyl (C=O) groups excluding carboxylic acids is 1. The normalized spacial score (nSPS) is 9.80. The zero-order valence-electron chi connectivity index (χ0n) is 8.90. The lowest BCUT2D eigenvalue weighted by molar-refractivity contribution is 0.0827. The average molecular weight is 209 g/mol. The van der Waals surface area contributed by atoms with Crippen molar-refractivity contribution >= 4 is 11.7 Å². The SMILES string of the molecule is CN(C)C(=O)c1ccc(NCCO)nc1. The van der Waals surface area contributed by atoms with E-state index >= 15 is 0 Å². The van der Waals surface area contributed by atoms with Gasteiger partial charge in [0.05, 0.1) is 12.2 Å². The van der Waals surface area contributed by atoms with Crippen molar-refractivity contribution in [3.8, 4) is 0 Å². The number of carbonyl (C=O) groups is 1. The van der Waals surface area contributed by atoms with Gasteiger partial charge in [-0.15, -0.1) is 0 Å². The molecule has 0 spiro atoms. The van der Waals surface area contributed by atoms with Crippen molar-refractivity contribution in [3.63, 3.8) is 0 Å². The van der Waals surface area contributed by atoms with Crippen LogP contribution >= 0.6 is 0 Å². The van der Waals surface area contributed by atoms with Crippen LogP contribution in [0.5, 0.6) is 0 Å². The minimum Gasteiger partial charge on any atom is -0.395 e. The molecule has 0 aromatic carbocycles. The summed E-state index contributed by atoms with van der Waals surface area (Å²) >= 11 is 0. The van der Waals surface area contributed by atoms with E-state index in [1.165, 1.54) is 11.1 Å². The lowest BCUT2D eigenvalue weighted by Gasteiger charge is -2.10. The zero-order chi connectivity index (χ0) is 11.3. The Bertz CT molecular complexity index is 322. The molecule has 1 rings (SSSR count). The molecule has 0 aliphatic carbocycles. The Hall–Kier alpha value is -1.62. The Morgan fingerprint density at radius 1 is 1.53 bits per heavy atom. The second-order valence-corrected chi connectivity index (χ2v) is 3.28. The first-order valence-corrected chi connectivity index (χ1v) is 4.67. The lowest BCUT2D eigenvalue weighted by Crippen LogP contribution is -2.21. The number of amides is 1. The molecule has 0 unspecified atom stereocenters. The Balaban J connectivity index is 2.68. The van der Waals surface area contributed by atoms with Gasteiger partial charge in [-0.25, -0.2) is 4.98 Å². The maximum atomic E-state index is 11.5. The molecule has 1 heterocycles. The van der Waals surface area contributed by atoms with Crippen LogP contribution in [0.3, 0.4) is 0 Å². The summed E-state index contributed by atoms with van der Waals surface area (Å²) in [7, 11) is 3.39. The first-order valence-electron chi connectivity index (χ1n) is 4.67. The highest BCUT2D eigenvalue weighted by atomic mass is 16.3. The monoisotopic (exact) mass is 209 g/mol. The van der Waals surface area contributed by atoms with Gasteiger partial charge in [0, 0.05) is 26.8 Å². The first kappa shape index (κ1) is 11.5. The molecule has 1 aromatic rings. The lowest BCUT2D eigenvalue weighted by atomic mass is 10.2. The smallest absolute Gasteiger partial charge is 0.254 e. The molecule has 1 amide bonds. The molecule has 0 fully saturated rings. The third kappa shape index (κ3) is 3.21. The van der Waals surface area contributed by atoms with E-state index in [0.717, 1.165) is 0 Å². The van der Waals surface area contributed by atoms with Crippen LogP contribution < -0.4 is 5.32 Å². The van der Waals surface area contributed by atoms with Crippen LogP contribution in [0.15, 0.2) is 18.3 Å². The number of hydrogen-bond acceptors (Lipinski definition) is 4. The van der Waals surface area contributed by atoms with Crippen LogP contribution in [0.2, 0.25) is 0 Å². The van der Waals surface area contributed by atoms with E-state index in [4.69, 9.17) is 5.11 Å². The fourth-order valence-corrected chi connectivity index (χ4v) is 1.07. The molecule has 5 nitrogen and oxygen atoms in total. The average Bonchev–Trinajstić information content (AvgIpc) is 2.26. The molecular weight excluding hydrogens is 194 g/mol. The van der Waals surface area contributed by atoms with Gasteiger partial charge in [-0.1, -0.05) is 0 Å². The largest absolute Gasteiger partial charge is 0.395 e. The van der Waals surface area contributed by atoms with Crippen molar-refractivity contribution in [3.05, 3.63) is 23.9 Å². The van der Waals surface area contributed by atoms with Gasteiger partial charge in [0.2, 0.25) is 0 Å². The Morgan fingerprint density at radius 2 is 2.27 bits per heavy atom. The highest BCUT2D eigenvalue weighted by Crippen LogP contribution is 2.06. The minimum absolute atomic E-state index is 0.0556. The molecule has 5 heteroatoms. The highest BCUT2D eigenvalue weighted by Gasteiger charge is 2.07. The van der Waals surface area contributed by atoms with Gasteiger partial charge in [0.15, 0.2) is 0 Å². The summed E-state index contributed by atoms with van der Waals surface area (Å²) in [6.07, 6.45) is 1.52. The van der Waals surface area contributed by atoms with Crippen molar-refractivity contribution in [1.29, 1.82) is 0 Å². The highest BCUT2D eigenvalue weighted by molar-refractivity contribution is 5.93. The second kappa shape index (κ2) is 5.31. The van der Waals surface area contributed by atoms with Crippen molar-refractivity contribution in [2.75, 3.05) is 32.6 Å². The number of aromatic nitrogens is 1. The van der Waals surface area contributed by atoms with Crippen LogP contribution in [0.25, 0.3) is 0 Å². The quantitative estimate of drug-likeness (QED) is 0.742. The van der Waals surface area contributed by atoms with Gasteiger partial charge in [-0.3, -0.25) is 4.79 Å². The van der Waals surface area contributed by atoms with Crippen molar-refractivity contribution in [2.24, 2.45) is 0 Å². The van der Waals surface area contributed by atoms with E-state index in [1.54, 1.807) is 26.2 Å². The Kier molecular flexibility index (Phi) is 4.05. The molecule has 82 valence electrons. The van der Waals surface area contributed by atoms with Gasteiger partial charge >= 0.3 is 0 Å². The van der Waals surface area contributed by atoms with E-state index in [2.05, 4.69) is 10.3 Å². The van der Waals surface area contributed by atoms with E-state index in [1.807, 2.05) is 0 Å². The minimum atomic E-state index is -0.0730. The summed E-state index contributed by atoms with van der Waals surface area (Å²) in [5.74, 6) is 0.579. The predicted molar refractivity (Wildman–Crippen MR) is 57.8 cm³/mol. The number of nitrogens with one attached hydrogen (secondary N) is 1. The number of nitrogens with zero attached hydrogens (tertiary/aromatic N) is 2. The molecule has 0 bridgehead atoms. The summed E-state index contributed by atoms with van der Waals surface area (Å²) in [5, 5.41) is 11.5. The molecule has 2 N–H and O–H groups in total. The molecule has 0 saturated heterocycles. The predicted octanol–water partition coefficient (Wildman–Crippen LogP) is 0.188. The Labute approximate surface area is 88.7 Å². The van der Waals surface area contributed by atoms with Crippen molar-refractivity contribution in [2.45, 2.75) is 0 Å². The van der Waals surface area contributed by atoms with Gasteiger partial charge in [0.1, 0.15) is 5.82 Å². The summed E-state index contributed by atoms with van der Waals surface area (Å²) in [5.41, 5.74) is 0.551. The first-order chi connectivity index (χ1) is 7.15. The van der Waals surface area contributed by atoms with E-state index in [-0.39, 0.29) is 12.5 Å². The summed E-state index contributed by atoms with van der Waals surface area (Å²) < 4.78 is 0. The topological polar surface area (TPSA) is 65.5 Å². The van der Waals surface area contributed by atoms with Gasteiger partial charge in [-0.05, 0) is 12.1 Å². The van der Waals surface area contributed by atoms with E-state index < -0.39 is 0 Å². The number of hydrogen-bond donors (Lipinski definition) is 2. The van der Waals surface area contributed by atoms with Crippen molar-refractivity contribution < 1.29 is 9.90 Å². The molecule has 15 heavy (non-hydrogen) atoms. The molecule has 0 atom stereocenters. The molecule has 1 aromatic heterocycles. The molecular formula is C10H15N3O2. The third-order valence-electron chi connectivity index (χ3n) is 1.83. The van der Waals surface area contributed by atoms with Crippen LogP contribution in [0.1, 0.15) is 10.4 Å². The number of pyridine rings is 1. The van der Waals surface area contributed by atoms with Gasteiger partial charge in [-0.2, -0.15) is 0 Å². The van der Waals surface area contributed by atoms with Gasteiger partial charge < -0.3 is 15.3 Å². The fraction of sp³-hybridized carbons (Fsp3) is 0.400. The number of aliphatic hydroxyl groups is 1. The summed E-state index contributed by atoms with van der Waals surface area (Å²) in [6, 6.07) is 3.42. The summed E-state index contributed by atoms with van der Waals surface area (Å²) in [6.45, 7) is 0.508.